The molecule has 2 aliphatic carbocycles. The molecular formula is C13H23N3. The quantitative estimate of drug-likeness (QED) is 0.769. The average molecular weight is 221 g/mol. The van der Waals surface area contributed by atoms with Crippen molar-refractivity contribution in [1.82, 2.24) is 4.90 Å². The van der Waals surface area contributed by atoms with E-state index in [1.165, 1.54) is 25.7 Å². The van der Waals surface area contributed by atoms with Gasteiger partial charge in [0.25, 0.3) is 0 Å². The molecule has 2 N–H and O–H groups in total. The van der Waals surface area contributed by atoms with E-state index in [4.69, 9.17) is 5.73 Å². The van der Waals surface area contributed by atoms with Crippen molar-refractivity contribution < 1.29 is 0 Å². The molecule has 90 valence electrons. The van der Waals surface area contributed by atoms with Gasteiger partial charge in [-0.05, 0) is 44.6 Å². The Labute approximate surface area is 98.6 Å². The highest BCUT2D eigenvalue weighted by molar-refractivity contribution is 5.14. The first-order valence-corrected chi connectivity index (χ1v) is 6.53. The summed E-state index contributed by atoms with van der Waals surface area (Å²) in [4.78, 5) is 2.28. The predicted octanol–water partition coefficient (Wildman–Crippen LogP) is 1.74. The minimum atomic E-state index is -0.590. The van der Waals surface area contributed by atoms with Crippen LogP contribution in [0.15, 0.2) is 0 Å². The number of rotatable bonds is 5. The second-order valence-electron chi connectivity index (χ2n) is 5.77. The Kier molecular flexibility index (Phi) is 3.51. The van der Waals surface area contributed by atoms with Gasteiger partial charge in [-0.25, -0.2) is 0 Å². The molecule has 0 radical (unpaired) electrons. The molecule has 0 aromatic rings. The third kappa shape index (κ3) is 2.75. The second kappa shape index (κ2) is 4.73. The molecule has 1 atom stereocenters. The van der Waals surface area contributed by atoms with Crippen LogP contribution >= 0.6 is 0 Å². The maximum absolute atomic E-state index is 9.20. The molecule has 0 heterocycles. The van der Waals surface area contributed by atoms with Gasteiger partial charge in [0.15, 0.2) is 0 Å². The Bertz CT molecular complexity index is 273. The third-order valence-electron chi connectivity index (χ3n) is 4.09. The minimum absolute atomic E-state index is 0.448. The van der Waals surface area contributed by atoms with Gasteiger partial charge in [0.05, 0.1) is 6.07 Å². The molecule has 2 aliphatic rings. The van der Waals surface area contributed by atoms with Crippen LogP contribution in [0, 0.1) is 23.2 Å². The van der Waals surface area contributed by atoms with Gasteiger partial charge in [0.2, 0.25) is 0 Å². The predicted molar refractivity (Wildman–Crippen MR) is 64.7 cm³/mol. The molecular weight excluding hydrogens is 198 g/mol. The fourth-order valence-electron chi connectivity index (χ4n) is 3.00. The fraction of sp³-hybridized carbons (Fsp3) is 0.923. The van der Waals surface area contributed by atoms with E-state index in [1.807, 2.05) is 0 Å². The Morgan fingerprint density at radius 2 is 1.94 bits per heavy atom. The Morgan fingerprint density at radius 1 is 1.31 bits per heavy atom. The van der Waals surface area contributed by atoms with Crippen molar-refractivity contribution in [3.8, 4) is 6.07 Å². The summed E-state index contributed by atoms with van der Waals surface area (Å²) in [5.41, 5.74) is 5.59. The summed E-state index contributed by atoms with van der Waals surface area (Å²) < 4.78 is 0. The smallest absolute Gasteiger partial charge is 0.119 e. The molecule has 3 nitrogen and oxygen atoms in total. The highest BCUT2D eigenvalue weighted by Gasteiger charge is 2.43. The Hall–Kier alpha value is -0.590. The van der Waals surface area contributed by atoms with Gasteiger partial charge in [0, 0.05) is 13.1 Å². The molecule has 0 aliphatic heterocycles. The largest absolute Gasteiger partial charge is 0.312 e. The van der Waals surface area contributed by atoms with E-state index in [-0.39, 0.29) is 0 Å². The number of likely N-dealkylation sites (N-methyl/N-ethyl adjacent to an activating group) is 1. The molecule has 2 fully saturated rings. The number of nitrogens with two attached hydrogens (primary N) is 1. The van der Waals surface area contributed by atoms with Crippen LogP contribution in [-0.4, -0.2) is 30.6 Å². The molecule has 2 rings (SSSR count). The molecule has 0 spiro atoms. The monoisotopic (exact) mass is 221 g/mol. The summed E-state index contributed by atoms with van der Waals surface area (Å²) in [6.45, 7) is 1.86. The molecule has 16 heavy (non-hydrogen) atoms. The van der Waals surface area contributed by atoms with Crippen LogP contribution in [0.3, 0.4) is 0 Å². The van der Waals surface area contributed by atoms with E-state index >= 15 is 0 Å². The first-order valence-electron chi connectivity index (χ1n) is 6.53. The molecule has 2 saturated carbocycles. The van der Waals surface area contributed by atoms with Crippen molar-refractivity contribution in [3.63, 3.8) is 0 Å². The SMILES string of the molecule is CN(CC1CCCC1)CC(N)(C#N)C1CC1. The van der Waals surface area contributed by atoms with Gasteiger partial charge < -0.3 is 10.6 Å². The Morgan fingerprint density at radius 3 is 2.44 bits per heavy atom. The molecule has 1 unspecified atom stereocenters. The summed E-state index contributed by atoms with van der Waals surface area (Å²) >= 11 is 0. The second-order valence-corrected chi connectivity index (χ2v) is 5.77. The van der Waals surface area contributed by atoms with Crippen molar-refractivity contribution in [3.05, 3.63) is 0 Å². The lowest BCUT2D eigenvalue weighted by Gasteiger charge is -2.29. The summed E-state index contributed by atoms with van der Waals surface area (Å²) in [6, 6.07) is 2.33. The molecule has 3 heteroatoms. The number of nitrogens with zero attached hydrogens (tertiary/aromatic N) is 2. The van der Waals surface area contributed by atoms with Crippen molar-refractivity contribution >= 4 is 0 Å². The van der Waals surface area contributed by atoms with Crippen molar-refractivity contribution in [2.24, 2.45) is 17.6 Å². The summed E-state index contributed by atoms with van der Waals surface area (Å²) in [5, 5.41) is 9.20. The molecule has 0 bridgehead atoms. The normalized spacial score (nSPS) is 25.6. The van der Waals surface area contributed by atoms with Gasteiger partial charge >= 0.3 is 0 Å². The summed E-state index contributed by atoms with van der Waals surface area (Å²) in [7, 11) is 2.11. The van der Waals surface area contributed by atoms with Crippen molar-refractivity contribution in [2.45, 2.75) is 44.1 Å². The number of nitriles is 1. The lowest BCUT2D eigenvalue weighted by atomic mass is 9.95. The molecule has 0 aromatic heterocycles. The van der Waals surface area contributed by atoms with E-state index in [1.54, 1.807) is 0 Å². The highest BCUT2D eigenvalue weighted by Crippen LogP contribution is 2.38. The van der Waals surface area contributed by atoms with Crippen LogP contribution in [-0.2, 0) is 0 Å². The topological polar surface area (TPSA) is 53.0 Å². The van der Waals surface area contributed by atoms with E-state index in [0.717, 1.165) is 31.8 Å². The number of hydrogen-bond donors (Lipinski definition) is 1. The van der Waals surface area contributed by atoms with Crippen LogP contribution in [0.2, 0.25) is 0 Å². The lowest BCUT2D eigenvalue weighted by Crippen LogP contribution is -2.50. The molecule has 0 saturated heterocycles. The van der Waals surface area contributed by atoms with Gasteiger partial charge in [-0.1, -0.05) is 12.8 Å². The van der Waals surface area contributed by atoms with Crippen LogP contribution in [0.5, 0.6) is 0 Å². The summed E-state index contributed by atoms with van der Waals surface area (Å²) in [5.74, 6) is 1.29. The molecule has 0 amide bonds. The molecule has 0 aromatic carbocycles. The maximum Gasteiger partial charge on any atom is 0.119 e. The zero-order valence-corrected chi connectivity index (χ0v) is 10.3. The van der Waals surface area contributed by atoms with Crippen LogP contribution in [0.1, 0.15) is 38.5 Å². The van der Waals surface area contributed by atoms with Gasteiger partial charge in [-0.3, -0.25) is 0 Å². The van der Waals surface area contributed by atoms with Crippen molar-refractivity contribution in [1.29, 1.82) is 5.26 Å². The van der Waals surface area contributed by atoms with Crippen LogP contribution < -0.4 is 5.73 Å². The first-order chi connectivity index (χ1) is 7.64. The van der Waals surface area contributed by atoms with E-state index in [0.29, 0.717) is 5.92 Å². The fourth-order valence-corrected chi connectivity index (χ4v) is 3.00. The summed E-state index contributed by atoms with van der Waals surface area (Å²) in [6.07, 6.45) is 7.76. The van der Waals surface area contributed by atoms with E-state index in [9.17, 15) is 5.26 Å². The standard InChI is InChI=1S/C13H23N3/c1-16(8-11-4-2-3-5-11)10-13(15,9-14)12-6-7-12/h11-12H,2-8,10,15H2,1H3. The highest BCUT2D eigenvalue weighted by atomic mass is 15.1. The zero-order chi connectivity index (χ0) is 11.6. The van der Waals surface area contributed by atoms with E-state index in [2.05, 4.69) is 18.0 Å². The first kappa shape index (κ1) is 11.9. The number of hydrogen-bond acceptors (Lipinski definition) is 3. The Balaban J connectivity index is 1.80. The zero-order valence-electron chi connectivity index (χ0n) is 10.3. The lowest BCUT2D eigenvalue weighted by molar-refractivity contribution is 0.229. The van der Waals surface area contributed by atoms with E-state index < -0.39 is 5.54 Å². The van der Waals surface area contributed by atoms with Gasteiger partial charge in [-0.15, -0.1) is 0 Å². The third-order valence-corrected chi connectivity index (χ3v) is 4.09. The van der Waals surface area contributed by atoms with Crippen LogP contribution in [0.4, 0.5) is 0 Å². The van der Waals surface area contributed by atoms with Gasteiger partial charge in [0.1, 0.15) is 5.54 Å². The van der Waals surface area contributed by atoms with Crippen molar-refractivity contribution in [2.75, 3.05) is 20.1 Å². The van der Waals surface area contributed by atoms with Crippen LogP contribution in [0.25, 0.3) is 0 Å². The minimum Gasteiger partial charge on any atom is -0.312 e. The maximum atomic E-state index is 9.20. The average Bonchev–Trinajstić information content (AvgIpc) is 3.00. The van der Waals surface area contributed by atoms with Gasteiger partial charge in [-0.2, -0.15) is 5.26 Å².